The van der Waals surface area contributed by atoms with E-state index in [1.165, 1.54) is 0 Å². The minimum Gasteiger partial charge on any atom is -0.510 e. The smallest absolute Gasteiger partial charge is 0.359 e. The second kappa shape index (κ2) is 2.81. The van der Waals surface area contributed by atoms with Gasteiger partial charge in [-0.05, 0) is 6.92 Å². The number of aliphatic hydroxyl groups excluding tert-OH is 1. The van der Waals surface area contributed by atoms with Gasteiger partial charge in [0.25, 0.3) is 0 Å². The molecule has 0 aliphatic heterocycles. The van der Waals surface area contributed by atoms with Gasteiger partial charge in [0.2, 0.25) is 5.70 Å². The number of hydrogen-bond acceptors (Lipinski definition) is 4. The first-order valence-electron chi connectivity index (χ1n) is 2.10. The summed E-state index contributed by atoms with van der Waals surface area (Å²) in [5.41, 5.74) is 5.62. The molecule has 0 saturated heterocycles. The molecular weight excluding hydrogens is 124 g/mol. The van der Waals surface area contributed by atoms with Crippen LogP contribution in [0, 0.1) is 5.53 Å². The molecule has 50 valence electrons. The minimum absolute atomic E-state index is 0.461. The van der Waals surface area contributed by atoms with E-state index in [9.17, 15) is 4.79 Å². The molecule has 0 bridgehead atoms. The molecule has 3 N–H and O–H groups in total. The molecule has 5 nitrogen and oxygen atoms in total. The molecule has 0 aromatic heterocycles. The largest absolute Gasteiger partial charge is 0.510 e. The maximum atomic E-state index is 9.94. The summed E-state index contributed by atoms with van der Waals surface area (Å²) >= 11 is 0. The molecule has 5 heteroatoms. The Kier molecular flexibility index (Phi) is 2.37. The lowest BCUT2D eigenvalue weighted by molar-refractivity contribution is -0.132. The molecule has 0 saturated carbocycles. The van der Waals surface area contributed by atoms with E-state index in [0.717, 1.165) is 6.92 Å². The molecule has 0 rings (SSSR count). The molecule has 0 radical (unpaired) electrons. The van der Waals surface area contributed by atoms with Crippen molar-refractivity contribution in [3.05, 3.63) is 11.5 Å². The highest BCUT2D eigenvalue weighted by Gasteiger charge is 2.08. The van der Waals surface area contributed by atoms with Crippen molar-refractivity contribution < 1.29 is 15.0 Å². The maximum absolute atomic E-state index is 9.94. The zero-order chi connectivity index (χ0) is 7.44. The standard InChI is InChI=1S/C4H6N2O3/c1-2(7)3(6-5)4(8)9/h5,7H,1H3,(H,8,9)/b3-2-,6-5?. The molecule has 0 aliphatic rings. The number of hydrogen-bond donors (Lipinski definition) is 3. The van der Waals surface area contributed by atoms with Crippen LogP contribution in [0.5, 0.6) is 0 Å². The summed E-state index contributed by atoms with van der Waals surface area (Å²) in [6.45, 7) is 1.15. The van der Waals surface area contributed by atoms with Crippen LogP contribution in [0.4, 0.5) is 0 Å². The van der Waals surface area contributed by atoms with Crippen molar-refractivity contribution in [3.8, 4) is 0 Å². The molecule has 0 atom stereocenters. The quantitative estimate of drug-likeness (QED) is 0.294. The van der Waals surface area contributed by atoms with E-state index >= 15 is 0 Å². The third-order valence-electron chi connectivity index (χ3n) is 0.657. The van der Waals surface area contributed by atoms with Crippen molar-refractivity contribution in [2.75, 3.05) is 0 Å². The Bertz CT molecular complexity index is 169. The van der Waals surface area contributed by atoms with E-state index in [1.807, 2.05) is 0 Å². The third kappa shape index (κ3) is 1.89. The van der Waals surface area contributed by atoms with E-state index in [4.69, 9.17) is 15.7 Å². The lowest BCUT2D eigenvalue weighted by atomic mass is 10.4. The fraction of sp³-hybridized carbons (Fsp3) is 0.250. The Morgan fingerprint density at radius 2 is 2.00 bits per heavy atom. The Balaban J connectivity index is 4.55. The molecule has 0 fully saturated rings. The SMILES string of the molecule is C/C(O)=C(/N=N)C(=O)O. The van der Waals surface area contributed by atoms with Crippen molar-refractivity contribution in [3.63, 3.8) is 0 Å². The zero-order valence-electron chi connectivity index (χ0n) is 4.75. The van der Waals surface area contributed by atoms with Crippen LogP contribution < -0.4 is 0 Å². The van der Waals surface area contributed by atoms with E-state index in [2.05, 4.69) is 5.11 Å². The van der Waals surface area contributed by atoms with Gasteiger partial charge in [0.1, 0.15) is 5.76 Å². The second-order valence-corrected chi connectivity index (χ2v) is 1.35. The highest BCUT2D eigenvalue weighted by Crippen LogP contribution is 2.00. The molecule has 0 heterocycles. The van der Waals surface area contributed by atoms with Crippen molar-refractivity contribution in [1.29, 1.82) is 5.53 Å². The fourth-order valence-electron chi connectivity index (χ4n) is 0.283. The number of carboxylic acids is 1. The summed E-state index contributed by atoms with van der Waals surface area (Å²) in [6.07, 6.45) is 0. The van der Waals surface area contributed by atoms with Crippen molar-refractivity contribution in [2.24, 2.45) is 5.11 Å². The van der Waals surface area contributed by atoms with Crippen LogP contribution >= 0.6 is 0 Å². The average Bonchev–Trinajstić information content (AvgIpc) is 1.64. The highest BCUT2D eigenvalue weighted by molar-refractivity contribution is 5.86. The number of carbonyl (C=O) groups is 1. The van der Waals surface area contributed by atoms with Gasteiger partial charge >= 0.3 is 5.97 Å². The molecule has 0 aliphatic carbocycles. The molecule has 0 amide bonds. The highest BCUT2D eigenvalue weighted by atomic mass is 16.4. The average molecular weight is 130 g/mol. The van der Waals surface area contributed by atoms with Crippen LogP contribution in [0.25, 0.3) is 0 Å². The predicted octanol–water partition coefficient (Wildman–Crippen LogP) is 0.891. The van der Waals surface area contributed by atoms with E-state index in [0.29, 0.717) is 0 Å². The van der Waals surface area contributed by atoms with Gasteiger partial charge in [-0.2, -0.15) is 0 Å². The van der Waals surface area contributed by atoms with Gasteiger partial charge in [-0.15, -0.1) is 5.11 Å². The van der Waals surface area contributed by atoms with Gasteiger partial charge in [0, 0.05) is 0 Å². The van der Waals surface area contributed by atoms with Crippen molar-refractivity contribution in [1.82, 2.24) is 0 Å². The van der Waals surface area contributed by atoms with E-state index in [1.54, 1.807) is 0 Å². The lowest BCUT2D eigenvalue weighted by Gasteiger charge is -1.90. The first-order valence-corrected chi connectivity index (χ1v) is 2.10. The van der Waals surface area contributed by atoms with Crippen LogP contribution in [-0.2, 0) is 4.79 Å². The Hall–Kier alpha value is -1.39. The van der Waals surface area contributed by atoms with Gasteiger partial charge in [0.15, 0.2) is 0 Å². The van der Waals surface area contributed by atoms with Crippen molar-refractivity contribution >= 4 is 5.97 Å². The Morgan fingerprint density at radius 3 is 2.00 bits per heavy atom. The number of nitrogens with zero attached hydrogens (tertiary/aromatic N) is 1. The van der Waals surface area contributed by atoms with E-state index in [-0.39, 0.29) is 0 Å². The normalized spacial score (nSPS) is 12.1. The van der Waals surface area contributed by atoms with Crippen molar-refractivity contribution in [2.45, 2.75) is 6.92 Å². The molecule has 0 aromatic rings. The fourth-order valence-corrected chi connectivity index (χ4v) is 0.283. The summed E-state index contributed by atoms with van der Waals surface area (Å²) < 4.78 is 0. The molecular formula is C4H6N2O3. The maximum Gasteiger partial charge on any atom is 0.359 e. The number of allylic oxidation sites excluding steroid dienone is 1. The molecule has 0 aromatic carbocycles. The van der Waals surface area contributed by atoms with Gasteiger partial charge in [-0.25, -0.2) is 10.3 Å². The minimum atomic E-state index is -1.40. The molecule has 0 unspecified atom stereocenters. The number of nitrogens with one attached hydrogen (secondary N) is 1. The summed E-state index contributed by atoms with van der Waals surface area (Å²) in [7, 11) is 0. The number of carboxylic acid groups (broad SMARTS) is 1. The van der Waals surface area contributed by atoms with Crippen LogP contribution in [-0.4, -0.2) is 16.2 Å². The van der Waals surface area contributed by atoms with Crippen LogP contribution in [0.2, 0.25) is 0 Å². The summed E-state index contributed by atoms with van der Waals surface area (Å²) in [6, 6.07) is 0. The number of aliphatic hydroxyl groups is 1. The zero-order valence-corrected chi connectivity index (χ0v) is 4.75. The predicted molar refractivity (Wildman–Crippen MR) is 28.1 cm³/mol. The van der Waals surface area contributed by atoms with Gasteiger partial charge in [0.05, 0.1) is 0 Å². The van der Waals surface area contributed by atoms with Crippen LogP contribution in [0.1, 0.15) is 6.92 Å². The van der Waals surface area contributed by atoms with E-state index < -0.39 is 17.4 Å². The first-order chi connectivity index (χ1) is 4.09. The Labute approximate surface area is 51.1 Å². The summed E-state index contributed by atoms with van der Waals surface area (Å²) in [5.74, 6) is -1.86. The summed E-state index contributed by atoms with van der Waals surface area (Å²) in [4.78, 5) is 9.94. The Morgan fingerprint density at radius 1 is 1.56 bits per heavy atom. The van der Waals surface area contributed by atoms with Crippen LogP contribution in [0.3, 0.4) is 0 Å². The first kappa shape index (κ1) is 7.61. The molecule has 0 spiro atoms. The number of rotatable bonds is 2. The van der Waals surface area contributed by atoms with Gasteiger partial charge in [-0.3, -0.25) is 0 Å². The number of aliphatic carboxylic acids is 1. The van der Waals surface area contributed by atoms with Crippen LogP contribution in [0.15, 0.2) is 16.6 Å². The monoisotopic (exact) mass is 130 g/mol. The van der Waals surface area contributed by atoms with Gasteiger partial charge in [-0.1, -0.05) is 0 Å². The topological polar surface area (TPSA) is 93.7 Å². The summed E-state index contributed by atoms with van der Waals surface area (Å²) in [5, 5.41) is 19.1. The molecule has 9 heavy (non-hydrogen) atoms. The van der Waals surface area contributed by atoms with Gasteiger partial charge < -0.3 is 10.2 Å². The third-order valence-corrected chi connectivity index (χ3v) is 0.657. The lowest BCUT2D eigenvalue weighted by Crippen LogP contribution is -1.99. The second-order valence-electron chi connectivity index (χ2n) is 1.35.